The molecule has 0 fully saturated rings. The molecule has 0 aliphatic carbocycles. The standard InChI is InChI=1S/C9H12O.C6H6O.C2H6.CH4/c1-7(2)8-3-5-9(10)6-4-8;7-6-4-2-1-3-5-6;1-2;/h3-7,10H,1-2H3;1-5,7H;1-2H3;1H4. The predicted octanol–water partition coefficient (Wildman–Crippen LogP) is 5.57. The van der Waals surface area contributed by atoms with Crippen molar-refractivity contribution in [2.45, 2.75) is 41.0 Å². The third-order valence-electron chi connectivity index (χ3n) is 2.32. The molecule has 2 aromatic rings. The van der Waals surface area contributed by atoms with Crippen molar-refractivity contribution < 1.29 is 10.2 Å². The Labute approximate surface area is 123 Å². The van der Waals surface area contributed by atoms with Gasteiger partial charge in [-0.05, 0) is 35.7 Å². The number of rotatable bonds is 1. The lowest BCUT2D eigenvalue weighted by atomic mass is 10.0. The second-order valence-corrected chi connectivity index (χ2v) is 4.08. The number of phenolic OH excluding ortho intramolecular Hbond substituents is 2. The monoisotopic (exact) mass is 276 g/mol. The average molecular weight is 276 g/mol. The van der Waals surface area contributed by atoms with Crippen LogP contribution in [0.3, 0.4) is 0 Å². The Bertz CT molecular complexity index is 419. The Balaban J connectivity index is 0. The second kappa shape index (κ2) is 12.1. The van der Waals surface area contributed by atoms with E-state index in [0.29, 0.717) is 17.4 Å². The Morgan fingerprint density at radius 2 is 1.10 bits per heavy atom. The molecule has 2 aromatic carbocycles. The molecule has 20 heavy (non-hydrogen) atoms. The van der Waals surface area contributed by atoms with E-state index in [0.717, 1.165) is 0 Å². The van der Waals surface area contributed by atoms with Crippen LogP contribution in [0.15, 0.2) is 54.6 Å². The average Bonchev–Trinajstić information content (AvgIpc) is 2.43. The summed E-state index contributed by atoms with van der Waals surface area (Å²) < 4.78 is 0. The molecule has 2 nitrogen and oxygen atoms in total. The Morgan fingerprint density at radius 3 is 1.40 bits per heavy atom. The van der Waals surface area contributed by atoms with Crippen LogP contribution in [0.1, 0.15) is 46.6 Å². The molecule has 0 heterocycles. The minimum Gasteiger partial charge on any atom is -0.508 e. The number of benzene rings is 2. The first-order valence-corrected chi connectivity index (χ1v) is 6.62. The van der Waals surface area contributed by atoms with Crippen molar-refractivity contribution in [2.75, 3.05) is 0 Å². The van der Waals surface area contributed by atoms with Crippen molar-refractivity contribution in [2.24, 2.45) is 0 Å². The van der Waals surface area contributed by atoms with E-state index in [4.69, 9.17) is 10.2 Å². The fourth-order valence-electron chi connectivity index (χ4n) is 1.29. The molecule has 2 N–H and O–H groups in total. The molecule has 112 valence electrons. The molecule has 2 rings (SSSR count). The van der Waals surface area contributed by atoms with Gasteiger partial charge in [-0.15, -0.1) is 0 Å². The van der Waals surface area contributed by atoms with Crippen LogP contribution < -0.4 is 0 Å². The lowest BCUT2D eigenvalue weighted by Gasteiger charge is -2.03. The molecule has 2 heteroatoms. The number of hydrogen-bond donors (Lipinski definition) is 2. The van der Waals surface area contributed by atoms with Crippen molar-refractivity contribution in [1.29, 1.82) is 0 Å². The maximum absolute atomic E-state index is 8.94. The predicted molar refractivity (Wildman–Crippen MR) is 88.4 cm³/mol. The highest BCUT2D eigenvalue weighted by atomic mass is 16.3. The first-order valence-electron chi connectivity index (χ1n) is 6.62. The topological polar surface area (TPSA) is 40.5 Å². The Hall–Kier alpha value is -1.96. The third kappa shape index (κ3) is 9.03. The summed E-state index contributed by atoms with van der Waals surface area (Å²) in [4.78, 5) is 0. The Kier molecular flexibility index (Phi) is 12.3. The minimum atomic E-state index is 0. The van der Waals surface area contributed by atoms with Gasteiger partial charge in [0.15, 0.2) is 0 Å². The van der Waals surface area contributed by atoms with Crippen LogP contribution in [0.5, 0.6) is 11.5 Å². The number of aromatic hydroxyl groups is 2. The van der Waals surface area contributed by atoms with Gasteiger partial charge >= 0.3 is 0 Å². The summed E-state index contributed by atoms with van der Waals surface area (Å²) in [6.45, 7) is 8.26. The second-order valence-electron chi connectivity index (χ2n) is 4.08. The maximum atomic E-state index is 8.94. The van der Waals surface area contributed by atoms with E-state index in [2.05, 4.69) is 13.8 Å². The van der Waals surface area contributed by atoms with Crippen LogP contribution in [0.2, 0.25) is 0 Å². The van der Waals surface area contributed by atoms with Gasteiger partial charge in [-0.3, -0.25) is 0 Å². The molecule has 0 spiro atoms. The molecule has 0 atom stereocenters. The summed E-state index contributed by atoms with van der Waals surface area (Å²) in [6.07, 6.45) is 0. The van der Waals surface area contributed by atoms with Gasteiger partial charge in [-0.2, -0.15) is 0 Å². The van der Waals surface area contributed by atoms with E-state index in [1.165, 1.54) is 5.56 Å². The molecule has 0 amide bonds. The van der Waals surface area contributed by atoms with Gasteiger partial charge in [0.2, 0.25) is 0 Å². The largest absolute Gasteiger partial charge is 0.508 e. The van der Waals surface area contributed by atoms with Gasteiger partial charge in [0.25, 0.3) is 0 Å². The van der Waals surface area contributed by atoms with E-state index >= 15 is 0 Å². The van der Waals surface area contributed by atoms with Gasteiger partial charge in [0, 0.05) is 0 Å². The van der Waals surface area contributed by atoms with Crippen LogP contribution in [0, 0.1) is 0 Å². The highest BCUT2D eigenvalue weighted by Gasteiger charge is 1.96. The summed E-state index contributed by atoms with van der Waals surface area (Å²) >= 11 is 0. The molecule has 0 aromatic heterocycles. The molecular formula is C18H28O2. The first-order chi connectivity index (χ1) is 9.09. The lowest BCUT2D eigenvalue weighted by molar-refractivity contribution is 0.474. The van der Waals surface area contributed by atoms with Crippen molar-refractivity contribution in [3.05, 3.63) is 60.2 Å². The van der Waals surface area contributed by atoms with Crippen molar-refractivity contribution in [1.82, 2.24) is 0 Å². The normalized spacial score (nSPS) is 8.45. The fraction of sp³-hybridized carbons (Fsp3) is 0.333. The van der Waals surface area contributed by atoms with Crippen molar-refractivity contribution >= 4 is 0 Å². The summed E-state index contributed by atoms with van der Waals surface area (Å²) in [7, 11) is 0. The van der Waals surface area contributed by atoms with E-state index < -0.39 is 0 Å². The smallest absolute Gasteiger partial charge is 0.115 e. The summed E-state index contributed by atoms with van der Waals surface area (Å²) in [6, 6.07) is 16.0. The summed E-state index contributed by atoms with van der Waals surface area (Å²) in [5, 5.41) is 17.6. The molecule has 0 saturated heterocycles. The Morgan fingerprint density at radius 1 is 0.700 bits per heavy atom. The number of hydrogen-bond acceptors (Lipinski definition) is 2. The van der Waals surface area contributed by atoms with E-state index in [9.17, 15) is 0 Å². The molecule has 0 radical (unpaired) electrons. The van der Waals surface area contributed by atoms with Gasteiger partial charge in [0.05, 0.1) is 0 Å². The fourth-order valence-corrected chi connectivity index (χ4v) is 1.29. The van der Waals surface area contributed by atoms with Gasteiger partial charge in [-0.1, -0.05) is 65.5 Å². The molecular weight excluding hydrogens is 248 g/mol. The summed E-state index contributed by atoms with van der Waals surface area (Å²) in [5.41, 5.74) is 1.26. The van der Waals surface area contributed by atoms with Crippen molar-refractivity contribution in [3.8, 4) is 11.5 Å². The molecule has 0 aliphatic rings. The molecule has 0 aliphatic heterocycles. The first kappa shape index (κ1) is 20.4. The zero-order valence-corrected chi connectivity index (χ0v) is 12.2. The highest BCUT2D eigenvalue weighted by Crippen LogP contribution is 2.16. The quantitative estimate of drug-likeness (QED) is 0.714. The zero-order valence-electron chi connectivity index (χ0n) is 12.2. The van der Waals surface area contributed by atoms with Crippen LogP contribution >= 0.6 is 0 Å². The van der Waals surface area contributed by atoms with Gasteiger partial charge in [-0.25, -0.2) is 0 Å². The van der Waals surface area contributed by atoms with Crippen LogP contribution in [-0.4, -0.2) is 10.2 Å². The molecule has 0 saturated carbocycles. The number of para-hydroxylation sites is 1. The minimum absolute atomic E-state index is 0. The lowest BCUT2D eigenvalue weighted by Crippen LogP contribution is -1.84. The molecule has 0 unspecified atom stereocenters. The number of phenols is 2. The van der Waals surface area contributed by atoms with Crippen LogP contribution in [0.4, 0.5) is 0 Å². The summed E-state index contributed by atoms with van der Waals surface area (Å²) in [5.74, 6) is 1.20. The van der Waals surface area contributed by atoms with E-state index in [1.807, 2.05) is 32.0 Å². The highest BCUT2D eigenvalue weighted by molar-refractivity contribution is 5.27. The zero-order chi connectivity index (χ0) is 14.7. The van der Waals surface area contributed by atoms with Crippen molar-refractivity contribution in [3.63, 3.8) is 0 Å². The SMILES string of the molecule is C.CC.CC(C)c1ccc(O)cc1.Oc1ccccc1. The van der Waals surface area contributed by atoms with Crippen LogP contribution in [0.25, 0.3) is 0 Å². The van der Waals surface area contributed by atoms with Gasteiger partial charge in [0.1, 0.15) is 11.5 Å². The van der Waals surface area contributed by atoms with Crippen LogP contribution in [-0.2, 0) is 0 Å². The van der Waals surface area contributed by atoms with Gasteiger partial charge < -0.3 is 10.2 Å². The third-order valence-corrected chi connectivity index (χ3v) is 2.32. The maximum Gasteiger partial charge on any atom is 0.115 e. The van der Waals surface area contributed by atoms with E-state index in [1.54, 1.807) is 36.4 Å². The van der Waals surface area contributed by atoms with E-state index in [-0.39, 0.29) is 7.43 Å². The molecule has 0 bridgehead atoms.